The number of carbonyl (C=O) groups excluding carboxylic acids is 1. The molecule has 3 rings (SSSR count). The zero-order valence-electron chi connectivity index (χ0n) is 11.3. The van der Waals surface area contributed by atoms with E-state index in [1.807, 2.05) is 11.0 Å². The molecule has 3 heterocycles. The fourth-order valence-corrected chi connectivity index (χ4v) is 3.98. The third-order valence-corrected chi connectivity index (χ3v) is 5.30. The highest BCUT2D eigenvalue weighted by molar-refractivity contribution is 7.16. The average Bonchev–Trinajstić information content (AvgIpc) is 3.08. The van der Waals surface area contributed by atoms with Crippen LogP contribution in [0.2, 0.25) is 4.34 Å². The summed E-state index contributed by atoms with van der Waals surface area (Å²) in [6.45, 7) is 4.05. The van der Waals surface area contributed by atoms with Crippen LogP contribution >= 0.6 is 34.3 Å². The molecule has 0 radical (unpaired) electrons. The predicted molar refractivity (Wildman–Crippen MR) is 87.0 cm³/mol. The number of nitrogen functional groups attached to an aromatic ring is 1. The maximum atomic E-state index is 12.3. The smallest absolute Gasteiger partial charge is 0.273 e. The van der Waals surface area contributed by atoms with Gasteiger partial charge in [0.1, 0.15) is 5.69 Å². The van der Waals surface area contributed by atoms with Gasteiger partial charge in [-0.3, -0.25) is 9.69 Å². The van der Waals surface area contributed by atoms with Gasteiger partial charge in [0, 0.05) is 43.0 Å². The van der Waals surface area contributed by atoms with Crippen molar-refractivity contribution in [2.45, 2.75) is 6.54 Å². The van der Waals surface area contributed by atoms with Crippen molar-refractivity contribution in [3.63, 3.8) is 0 Å². The minimum absolute atomic E-state index is 0.0261. The van der Waals surface area contributed by atoms with E-state index in [9.17, 15) is 4.79 Å². The highest BCUT2D eigenvalue weighted by Gasteiger charge is 2.23. The Morgan fingerprint density at radius 1 is 1.33 bits per heavy atom. The number of piperazine rings is 1. The van der Waals surface area contributed by atoms with E-state index < -0.39 is 0 Å². The molecule has 21 heavy (non-hydrogen) atoms. The Morgan fingerprint density at radius 2 is 2.10 bits per heavy atom. The van der Waals surface area contributed by atoms with Crippen molar-refractivity contribution < 1.29 is 4.79 Å². The first-order valence-corrected chi connectivity index (χ1v) is 8.66. The molecule has 0 saturated carbocycles. The molecule has 1 amide bonds. The lowest BCUT2D eigenvalue weighted by Crippen LogP contribution is -2.48. The van der Waals surface area contributed by atoms with Crippen molar-refractivity contribution in [2.75, 3.05) is 31.9 Å². The van der Waals surface area contributed by atoms with E-state index in [-0.39, 0.29) is 5.91 Å². The van der Waals surface area contributed by atoms with Crippen LogP contribution in [0.3, 0.4) is 0 Å². The molecular weight excluding hydrogens is 328 g/mol. The fourth-order valence-electron chi connectivity index (χ4n) is 2.31. The summed E-state index contributed by atoms with van der Waals surface area (Å²) in [5, 5.41) is 2.16. The Balaban J connectivity index is 1.54. The zero-order chi connectivity index (χ0) is 14.8. The second kappa shape index (κ2) is 6.31. The van der Waals surface area contributed by atoms with Crippen molar-refractivity contribution in [3.05, 3.63) is 32.4 Å². The van der Waals surface area contributed by atoms with Gasteiger partial charge in [-0.2, -0.15) is 0 Å². The molecule has 2 aromatic rings. The van der Waals surface area contributed by atoms with Crippen LogP contribution in [0.25, 0.3) is 0 Å². The van der Waals surface area contributed by atoms with Crippen LogP contribution in [0.15, 0.2) is 17.5 Å². The van der Waals surface area contributed by atoms with Gasteiger partial charge in [0.15, 0.2) is 5.13 Å². The van der Waals surface area contributed by atoms with Crippen LogP contribution in [-0.2, 0) is 6.54 Å². The fraction of sp³-hybridized carbons (Fsp3) is 0.385. The molecule has 0 bridgehead atoms. The van der Waals surface area contributed by atoms with Gasteiger partial charge in [-0.25, -0.2) is 4.98 Å². The second-order valence-corrected chi connectivity index (χ2v) is 7.53. The summed E-state index contributed by atoms with van der Waals surface area (Å²) in [7, 11) is 0. The van der Waals surface area contributed by atoms with Crippen LogP contribution in [-0.4, -0.2) is 46.9 Å². The van der Waals surface area contributed by atoms with E-state index in [0.717, 1.165) is 37.1 Å². The number of thiophene rings is 1. The molecule has 1 saturated heterocycles. The lowest BCUT2D eigenvalue weighted by Gasteiger charge is -2.34. The van der Waals surface area contributed by atoms with Crippen molar-refractivity contribution in [2.24, 2.45) is 0 Å². The third kappa shape index (κ3) is 3.55. The number of nitrogens with two attached hydrogens (primary N) is 1. The summed E-state index contributed by atoms with van der Waals surface area (Å²) in [4.78, 5) is 21.7. The lowest BCUT2D eigenvalue weighted by molar-refractivity contribution is 0.0625. The predicted octanol–water partition coefficient (Wildman–Crippen LogP) is 2.40. The minimum Gasteiger partial charge on any atom is -0.375 e. The molecule has 0 aromatic carbocycles. The van der Waals surface area contributed by atoms with Crippen molar-refractivity contribution in [1.82, 2.24) is 14.8 Å². The topological polar surface area (TPSA) is 62.5 Å². The molecule has 0 atom stereocenters. The van der Waals surface area contributed by atoms with Gasteiger partial charge >= 0.3 is 0 Å². The SMILES string of the molecule is Nc1nc(C(=O)N2CCN(Cc3ccc(Cl)s3)CC2)cs1. The molecule has 1 fully saturated rings. The van der Waals surface area contributed by atoms with Crippen molar-refractivity contribution in [1.29, 1.82) is 0 Å². The molecule has 1 aliphatic heterocycles. The van der Waals surface area contributed by atoms with Crippen molar-refractivity contribution in [3.8, 4) is 0 Å². The highest BCUT2D eigenvalue weighted by atomic mass is 35.5. The number of thiazole rings is 1. The van der Waals surface area contributed by atoms with Gasteiger partial charge in [-0.15, -0.1) is 22.7 Å². The Hall–Kier alpha value is -1.15. The van der Waals surface area contributed by atoms with E-state index >= 15 is 0 Å². The highest BCUT2D eigenvalue weighted by Crippen LogP contribution is 2.23. The quantitative estimate of drug-likeness (QED) is 0.930. The molecule has 5 nitrogen and oxygen atoms in total. The first-order valence-electron chi connectivity index (χ1n) is 6.58. The number of nitrogens with zero attached hydrogens (tertiary/aromatic N) is 3. The number of anilines is 1. The summed E-state index contributed by atoms with van der Waals surface area (Å²) in [6, 6.07) is 3.98. The molecule has 2 N–H and O–H groups in total. The van der Waals surface area contributed by atoms with Gasteiger partial charge < -0.3 is 10.6 Å². The Labute approximate surface area is 135 Å². The third-order valence-electron chi connectivity index (χ3n) is 3.41. The molecule has 0 spiro atoms. The summed E-state index contributed by atoms with van der Waals surface area (Å²) in [5.74, 6) is -0.0261. The maximum Gasteiger partial charge on any atom is 0.273 e. The summed E-state index contributed by atoms with van der Waals surface area (Å²) >= 11 is 8.85. The first kappa shape index (κ1) is 14.8. The van der Waals surface area contributed by atoms with E-state index in [1.54, 1.807) is 16.7 Å². The van der Waals surface area contributed by atoms with E-state index in [2.05, 4.69) is 16.0 Å². The van der Waals surface area contributed by atoms with Gasteiger partial charge in [0.25, 0.3) is 5.91 Å². The normalized spacial score (nSPS) is 16.3. The van der Waals surface area contributed by atoms with Gasteiger partial charge in [0.2, 0.25) is 0 Å². The lowest BCUT2D eigenvalue weighted by atomic mass is 10.2. The second-order valence-electron chi connectivity index (χ2n) is 4.85. The van der Waals surface area contributed by atoms with Crippen LogP contribution in [0.4, 0.5) is 5.13 Å². The molecule has 8 heteroatoms. The zero-order valence-corrected chi connectivity index (χ0v) is 13.7. The van der Waals surface area contributed by atoms with Gasteiger partial charge in [0.05, 0.1) is 4.34 Å². The Bertz CT molecular complexity index is 634. The number of amides is 1. The molecule has 2 aromatic heterocycles. The molecular formula is C13H15ClN4OS2. The van der Waals surface area contributed by atoms with Crippen molar-refractivity contribution >= 4 is 45.3 Å². The number of carbonyl (C=O) groups is 1. The summed E-state index contributed by atoms with van der Waals surface area (Å²) < 4.78 is 0.819. The molecule has 112 valence electrons. The molecule has 0 aliphatic carbocycles. The molecule has 1 aliphatic rings. The number of aromatic nitrogens is 1. The summed E-state index contributed by atoms with van der Waals surface area (Å²) in [5.41, 5.74) is 6.03. The number of halogens is 1. The Morgan fingerprint density at radius 3 is 2.67 bits per heavy atom. The Kier molecular flexibility index (Phi) is 4.44. The van der Waals surface area contributed by atoms with Crippen LogP contribution in [0, 0.1) is 0 Å². The number of rotatable bonds is 3. The largest absolute Gasteiger partial charge is 0.375 e. The van der Waals surface area contributed by atoms with Gasteiger partial charge in [-0.1, -0.05) is 11.6 Å². The monoisotopic (exact) mass is 342 g/mol. The van der Waals surface area contributed by atoms with Gasteiger partial charge in [-0.05, 0) is 12.1 Å². The van der Waals surface area contributed by atoms with Crippen LogP contribution in [0.1, 0.15) is 15.4 Å². The van der Waals surface area contributed by atoms with E-state index in [1.165, 1.54) is 16.2 Å². The minimum atomic E-state index is -0.0261. The van der Waals surface area contributed by atoms with Crippen LogP contribution in [0.5, 0.6) is 0 Å². The van der Waals surface area contributed by atoms with E-state index in [0.29, 0.717) is 10.8 Å². The maximum absolute atomic E-state index is 12.3. The van der Waals surface area contributed by atoms with E-state index in [4.69, 9.17) is 17.3 Å². The molecule has 0 unspecified atom stereocenters. The number of hydrogen-bond acceptors (Lipinski definition) is 6. The van der Waals surface area contributed by atoms with Crippen LogP contribution < -0.4 is 5.73 Å². The number of hydrogen-bond donors (Lipinski definition) is 1. The first-order chi connectivity index (χ1) is 10.1. The average molecular weight is 343 g/mol. The standard InChI is InChI=1S/C13H15ClN4OS2/c14-11-2-1-9(21-11)7-17-3-5-18(6-4-17)12(19)10-8-20-13(15)16-10/h1-2,8H,3-7H2,(H2,15,16). The summed E-state index contributed by atoms with van der Waals surface area (Å²) in [6.07, 6.45) is 0.